The number of hydrogen-bond donors (Lipinski definition) is 1. The zero-order valence-corrected chi connectivity index (χ0v) is 11.9. The van der Waals surface area contributed by atoms with Crippen LogP contribution in [0.5, 0.6) is 0 Å². The standard InChI is InChI=1S/C15H22ClNO/c1-3-14(13-9-5-4-6-10-13)15(18)17-11-7-8-12(2)16/h4-6,9-10,12,14H,3,7-8,11H2,1-2H3,(H,17,18). The van der Waals surface area contributed by atoms with E-state index in [9.17, 15) is 4.79 Å². The van der Waals surface area contributed by atoms with Gasteiger partial charge in [-0.25, -0.2) is 0 Å². The Kier molecular flexibility index (Phi) is 6.81. The molecule has 0 saturated carbocycles. The van der Waals surface area contributed by atoms with Crippen LogP contribution in [0, 0.1) is 0 Å². The topological polar surface area (TPSA) is 29.1 Å². The first-order valence-electron chi connectivity index (χ1n) is 6.61. The van der Waals surface area contributed by atoms with Gasteiger partial charge >= 0.3 is 0 Å². The number of rotatable bonds is 7. The van der Waals surface area contributed by atoms with Crippen molar-refractivity contribution in [3.63, 3.8) is 0 Å². The van der Waals surface area contributed by atoms with Crippen molar-refractivity contribution >= 4 is 17.5 Å². The molecule has 1 aromatic carbocycles. The fourth-order valence-corrected chi connectivity index (χ4v) is 2.13. The van der Waals surface area contributed by atoms with E-state index in [0.717, 1.165) is 24.8 Å². The Morgan fingerprint density at radius 2 is 2.00 bits per heavy atom. The summed E-state index contributed by atoms with van der Waals surface area (Å²) in [6.07, 6.45) is 2.69. The average molecular weight is 268 g/mol. The Hall–Kier alpha value is -1.02. The van der Waals surface area contributed by atoms with Gasteiger partial charge in [-0.15, -0.1) is 11.6 Å². The molecule has 0 spiro atoms. The van der Waals surface area contributed by atoms with E-state index in [2.05, 4.69) is 5.32 Å². The monoisotopic (exact) mass is 267 g/mol. The molecule has 0 radical (unpaired) electrons. The predicted molar refractivity (Wildman–Crippen MR) is 77.0 cm³/mol. The highest BCUT2D eigenvalue weighted by atomic mass is 35.5. The Morgan fingerprint density at radius 3 is 2.56 bits per heavy atom. The number of carbonyl (C=O) groups is 1. The van der Waals surface area contributed by atoms with Gasteiger partial charge in [0.25, 0.3) is 0 Å². The molecule has 18 heavy (non-hydrogen) atoms. The number of amides is 1. The van der Waals surface area contributed by atoms with E-state index in [1.165, 1.54) is 0 Å². The van der Waals surface area contributed by atoms with Gasteiger partial charge in [0.15, 0.2) is 0 Å². The molecular weight excluding hydrogens is 246 g/mol. The lowest BCUT2D eigenvalue weighted by atomic mass is 9.95. The highest BCUT2D eigenvalue weighted by Crippen LogP contribution is 2.19. The lowest BCUT2D eigenvalue weighted by Crippen LogP contribution is -2.30. The minimum Gasteiger partial charge on any atom is -0.356 e. The molecule has 0 bridgehead atoms. The van der Waals surface area contributed by atoms with Crippen LogP contribution in [0.3, 0.4) is 0 Å². The van der Waals surface area contributed by atoms with E-state index in [1.54, 1.807) is 0 Å². The molecule has 0 aliphatic rings. The van der Waals surface area contributed by atoms with Crippen molar-refractivity contribution in [1.29, 1.82) is 0 Å². The summed E-state index contributed by atoms with van der Waals surface area (Å²) >= 11 is 5.87. The number of hydrogen-bond acceptors (Lipinski definition) is 1. The highest BCUT2D eigenvalue weighted by Gasteiger charge is 2.17. The summed E-state index contributed by atoms with van der Waals surface area (Å²) in [7, 11) is 0. The quantitative estimate of drug-likeness (QED) is 0.592. The third-order valence-corrected chi connectivity index (χ3v) is 3.22. The molecule has 3 heteroatoms. The smallest absolute Gasteiger partial charge is 0.227 e. The Morgan fingerprint density at radius 1 is 1.33 bits per heavy atom. The molecule has 1 aromatic rings. The Balaban J connectivity index is 2.43. The summed E-state index contributed by atoms with van der Waals surface area (Å²) in [4.78, 5) is 12.1. The number of benzene rings is 1. The van der Waals surface area contributed by atoms with Crippen molar-refractivity contribution in [2.24, 2.45) is 0 Å². The Labute approximate surface area is 115 Å². The summed E-state index contributed by atoms with van der Waals surface area (Å²) in [5.74, 6) is 0.0746. The zero-order valence-electron chi connectivity index (χ0n) is 11.2. The third kappa shape index (κ3) is 5.09. The van der Waals surface area contributed by atoms with Crippen molar-refractivity contribution in [1.82, 2.24) is 5.32 Å². The molecule has 0 heterocycles. The maximum Gasteiger partial charge on any atom is 0.227 e. The first-order chi connectivity index (χ1) is 8.65. The van der Waals surface area contributed by atoms with Crippen LogP contribution in [0.4, 0.5) is 0 Å². The van der Waals surface area contributed by atoms with E-state index in [4.69, 9.17) is 11.6 Å². The summed E-state index contributed by atoms with van der Waals surface area (Å²) in [5, 5.41) is 3.17. The molecular formula is C15H22ClNO. The van der Waals surface area contributed by atoms with Crippen LogP contribution in [-0.4, -0.2) is 17.8 Å². The molecule has 2 nitrogen and oxygen atoms in total. The van der Waals surface area contributed by atoms with E-state index < -0.39 is 0 Å². The summed E-state index contributed by atoms with van der Waals surface area (Å²) < 4.78 is 0. The second-order valence-electron chi connectivity index (χ2n) is 4.59. The van der Waals surface area contributed by atoms with Crippen molar-refractivity contribution in [3.8, 4) is 0 Å². The van der Waals surface area contributed by atoms with Crippen LogP contribution in [0.1, 0.15) is 44.6 Å². The Bertz CT molecular complexity index is 351. The van der Waals surface area contributed by atoms with Gasteiger partial charge in [-0.3, -0.25) is 4.79 Å². The fourth-order valence-electron chi connectivity index (χ4n) is 1.98. The summed E-state index contributed by atoms with van der Waals surface area (Å²) in [6.45, 7) is 4.72. The molecule has 1 amide bonds. The first kappa shape index (κ1) is 15.0. The molecule has 0 aromatic heterocycles. The van der Waals surface area contributed by atoms with E-state index in [-0.39, 0.29) is 17.2 Å². The second kappa shape index (κ2) is 8.15. The second-order valence-corrected chi connectivity index (χ2v) is 5.33. The maximum atomic E-state index is 12.1. The first-order valence-corrected chi connectivity index (χ1v) is 7.05. The van der Waals surface area contributed by atoms with Crippen LogP contribution < -0.4 is 5.32 Å². The summed E-state index contributed by atoms with van der Waals surface area (Å²) in [5.41, 5.74) is 1.09. The molecule has 2 atom stereocenters. The molecule has 0 aliphatic heterocycles. The molecule has 1 N–H and O–H groups in total. The molecule has 0 saturated heterocycles. The lowest BCUT2D eigenvalue weighted by molar-refractivity contribution is -0.122. The van der Waals surface area contributed by atoms with Crippen LogP contribution in [-0.2, 0) is 4.79 Å². The van der Waals surface area contributed by atoms with Gasteiger partial charge in [0.1, 0.15) is 0 Å². The predicted octanol–water partition coefficient (Wildman–Crippen LogP) is 3.70. The maximum absolute atomic E-state index is 12.1. The minimum atomic E-state index is -0.0420. The van der Waals surface area contributed by atoms with Crippen molar-refractivity contribution < 1.29 is 4.79 Å². The average Bonchev–Trinajstić information content (AvgIpc) is 2.36. The summed E-state index contributed by atoms with van der Waals surface area (Å²) in [6, 6.07) is 9.93. The van der Waals surface area contributed by atoms with Crippen molar-refractivity contribution in [2.75, 3.05) is 6.54 Å². The number of carbonyl (C=O) groups excluding carboxylic acids is 1. The van der Waals surface area contributed by atoms with Crippen LogP contribution in [0.25, 0.3) is 0 Å². The SMILES string of the molecule is CCC(C(=O)NCCCC(C)Cl)c1ccccc1. The fraction of sp³-hybridized carbons (Fsp3) is 0.533. The van der Waals surface area contributed by atoms with Gasteiger partial charge in [0, 0.05) is 11.9 Å². The largest absolute Gasteiger partial charge is 0.356 e. The lowest BCUT2D eigenvalue weighted by Gasteiger charge is -2.15. The van der Waals surface area contributed by atoms with Gasteiger partial charge < -0.3 is 5.32 Å². The van der Waals surface area contributed by atoms with Gasteiger partial charge in [-0.2, -0.15) is 0 Å². The molecule has 100 valence electrons. The molecule has 1 rings (SSSR count). The van der Waals surface area contributed by atoms with E-state index >= 15 is 0 Å². The molecule has 0 fully saturated rings. The van der Waals surface area contributed by atoms with Gasteiger partial charge in [-0.1, -0.05) is 37.3 Å². The third-order valence-electron chi connectivity index (χ3n) is 3.00. The van der Waals surface area contributed by atoms with Gasteiger partial charge in [0.2, 0.25) is 5.91 Å². The highest BCUT2D eigenvalue weighted by molar-refractivity contribution is 6.20. The van der Waals surface area contributed by atoms with Crippen molar-refractivity contribution in [2.45, 2.75) is 44.4 Å². The molecule has 2 unspecified atom stereocenters. The zero-order chi connectivity index (χ0) is 13.4. The normalized spacial score (nSPS) is 13.9. The van der Waals surface area contributed by atoms with Crippen LogP contribution in [0.2, 0.25) is 0 Å². The van der Waals surface area contributed by atoms with E-state index in [1.807, 2.05) is 44.2 Å². The van der Waals surface area contributed by atoms with Crippen LogP contribution >= 0.6 is 11.6 Å². The van der Waals surface area contributed by atoms with Gasteiger partial charge in [-0.05, 0) is 31.7 Å². The number of halogens is 1. The van der Waals surface area contributed by atoms with Gasteiger partial charge in [0.05, 0.1) is 5.92 Å². The number of alkyl halides is 1. The number of nitrogens with one attached hydrogen (secondary N) is 1. The minimum absolute atomic E-state index is 0.0420. The van der Waals surface area contributed by atoms with E-state index in [0.29, 0.717) is 6.54 Å². The molecule has 0 aliphatic carbocycles. The van der Waals surface area contributed by atoms with Crippen LogP contribution in [0.15, 0.2) is 30.3 Å². The van der Waals surface area contributed by atoms with Crippen molar-refractivity contribution in [3.05, 3.63) is 35.9 Å².